The van der Waals surface area contributed by atoms with Gasteiger partial charge >= 0.3 is 0 Å². The maximum absolute atomic E-state index is 13.1. The van der Waals surface area contributed by atoms with Crippen molar-refractivity contribution in [3.8, 4) is 0 Å². The molecule has 4 heterocycles. The van der Waals surface area contributed by atoms with Crippen LogP contribution in [0.3, 0.4) is 0 Å². The average molecular weight is 445 g/mol. The minimum atomic E-state index is -3.35. The van der Waals surface area contributed by atoms with Gasteiger partial charge in [-0.15, -0.1) is 0 Å². The topological polar surface area (TPSA) is 82.5 Å². The van der Waals surface area contributed by atoms with Gasteiger partial charge in [-0.1, -0.05) is 0 Å². The van der Waals surface area contributed by atoms with E-state index in [4.69, 9.17) is 4.98 Å². The van der Waals surface area contributed by atoms with Crippen LogP contribution in [0.15, 0.2) is 36.8 Å². The van der Waals surface area contributed by atoms with Crippen molar-refractivity contribution in [2.45, 2.75) is 25.2 Å². The summed E-state index contributed by atoms with van der Waals surface area (Å²) in [6.07, 6.45) is 8.07. The highest BCUT2D eigenvalue weighted by molar-refractivity contribution is 7.89. The molecule has 31 heavy (non-hydrogen) atoms. The number of aromatic nitrogens is 3. The van der Waals surface area contributed by atoms with Gasteiger partial charge in [-0.05, 0) is 63.0 Å². The smallest absolute Gasteiger partial charge is 0.225 e. The maximum Gasteiger partial charge on any atom is 0.225 e. The highest BCUT2D eigenvalue weighted by atomic mass is 32.2. The number of aryl methyl sites for hydroxylation is 1. The molecule has 0 bridgehead atoms. The number of rotatable bonds is 8. The zero-order chi connectivity index (χ0) is 21.8. The summed E-state index contributed by atoms with van der Waals surface area (Å²) in [4.78, 5) is 17.7. The third-order valence-corrected chi connectivity index (χ3v) is 8.04. The van der Waals surface area contributed by atoms with Crippen molar-refractivity contribution in [3.05, 3.63) is 48.0 Å². The van der Waals surface area contributed by atoms with Gasteiger partial charge in [0.25, 0.3) is 0 Å². The molecular formula is C22H32N6O2S. The van der Waals surface area contributed by atoms with Gasteiger partial charge in [0.2, 0.25) is 16.0 Å². The molecule has 0 saturated carbocycles. The zero-order valence-corrected chi connectivity index (χ0v) is 19.2. The average Bonchev–Trinajstić information content (AvgIpc) is 3.44. The lowest BCUT2D eigenvalue weighted by molar-refractivity contribution is 0.315. The van der Waals surface area contributed by atoms with Gasteiger partial charge in [0.05, 0.1) is 11.4 Å². The van der Waals surface area contributed by atoms with Crippen LogP contribution in [0.1, 0.15) is 30.0 Å². The molecule has 2 saturated heterocycles. The molecule has 2 aliphatic heterocycles. The predicted molar refractivity (Wildman–Crippen MR) is 122 cm³/mol. The molecule has 0 spiro atoms. The van der Waals surface area contributed by atoms with E-state index in [1.54, 1.807) is 16.7 Å². The largest absolute Gasteiger partial charge is 0.341 e. The van der Waals surface area contributed by atoms with Gasteiger partial charge < -0.3 is 9.80 Å². The SMILES string of the molecule is CN(C)C[C@@H]1CN(S(=O)(=O)CCc2ccncc2)C[C@H]1c1ccnc(N2CCCC2)n1. The first-order chi connectivity index (χ1) is 14.9. The zero-order valence-electron chi connectivity index (χ0n) is 18.4. The summed E-state index contributed by atoms with van der Waals surface area (Å²) in [5.41, 5.74) is 1.95. The summed E-state index contributed by atoms with van der Waals surface area (Å²) >= 11 is 0. The van der Waals surface area contributed by atoms with E-state index in [-0.39, 0.29) is 17.6 Å². The second-order valence-corrected chi connectivity index (χ2v) is 10.9. The molecule has 2 aromatic rings. The highest BCUT2D eigenvalue weighted by Gasteiger charge is 2.40. The Morgan fingerprint density at radius 1 is 1.06 bits per heavy atom. The molecule has 0 aromatic carbocycles. The monoisotopic (exact) mass is 444 g/mol. The van der Waals surface area contributed by atoms with E-state index in [1.807, 2.05) is 38.5 Å². The van der Waals surface area contributed by atoms with Crippen molar-refractivity contribution in [1.82, 2.24) is 24.2 Å². The molecule has 2 atom stereocenters. The molecular weight excluding hydrogens is 412 g/mol. The fraction of sp³-hybridized carbons (Fsp3) is 0.591. The number of sulfonamides is 1. The Kier molecular flexibility index (Phi) is 6.83. The van der Waals surface area contributed by atoms with E-state index in [1.165, 1.54) is 12.8 Å². The lowest BCUT2D eigenvalue weighted by Crippen LogP contribution is -2.33. The number of anilines is 1. The standard InChI is InChI=1S/C22H32N6O2S/c1-26(2)15-19-16-28(31(29,30)14-8-18-5-9-23-10-6-18)17-20(19)21-7-11-24-22(25-21)27-12-3-4-13-27/h5-7,9-11,19-20H,3-4,8,12-17H2,1-2H3/t19-,20-/m1/s1. The van der Waals surface area contributed by atoms with Crippen molar-refractivity contribution in [2.24, 2.45) is 5.92 Å². The molecule has 9 heteroatoms. The first kappa shape index (κ1) is 22.1. The van der Waals surface area contributed by atoms with Crippen molar-refractivity contribution < 1.29 is 8.42 Å². The molecule has 0 radical (unpaired) electrons. The summed E-state index contributed by atoms with van der Waals surface area (Å²) in [6, 6.07) is 5.70. The quantitative estimate of drug-likeness (QED) is 0.612. The van der Waals surface area contributed by atoms with Crippen molar-refractivity contribution in [2.75, 3.05) is 57.5 Å². The number of hydrogen-bond acceptors (Lipinski definition) is 7. The number of nitrogens with zero attached hydrogens (tertiary/aromatic N) is 6. The molecule has 0 aliphatic carbocycles. The Hall–Kier alpha value is -2.10. The second kappa shape index (κ2) is 9.58. The van der Waals surface area contributed by atoms with Gasteiger partial charge in [-0.25, -0.2) is 22.7 Å². The Morgan fingerprint density at radius 2 is 1.81 bits per heavy atom. The Balaban J connectivity index is 1.51. The first-order valence-electron chi connectivity index (χ1n) is 11.0. The van der Waals surface area contributed by atoms with Crippen LogP contribution in [0.25, 0.3) is 0 Å². The fourth-order valence-corrected chi connectivity index (χ4v) is 6.17. The molecule has 2 fully saturated rings. The van der Waals surface area contributed by atoms with Gasteiger partial charge in [-0.2, -0.15) is 0 Å². The fourth-order valence-electron chi connectivity index (χ4n) is 4.61. The predicted octanol–water partition coefficient (Wildman–Crippen LogP) is 1.62. The number of hydrogen-bond donors (Lipinski definition) is 0. The molecule has 8 nitrogen and oxygen atoms in total. The van der Waals surface area contributed by atoms with E-state index < -0.39 is 10.0 Å². The summed E-state index contributed by atoms with van der Waals surface area (Å²) in [5.74, 6) is 1.16. The van der Waals surface area contributed by atoms with E-state index in [0.717, 1.165) is 36.8 Å². The molecule has 2 aromatic heterocycles. The number of pyridine rings is 1. The van der Waals surface area contributed by atoms with Crippen LogP contribution in [0.4, 0.5) is 5.95 Å². The van der Waals surface area contributed by atoms with Crippen LogP contribution in [0, 0.1) is 5.92 Å². The van der Waals surface area contributed by atoms with Crippen molar-refractivity contribution in [1.29, 1.82) is 0 Å². The van der Waals surface area contributed by atoms with E-state index in [2.05, 4.69) is 19.8 Å². The van der Waals surface area contributed by atoms with Crippen LogP contribution in [0.2, 0.25) is 0 Å². The lowest BCUT2D eigenvalue weighted by Gasteiger charge is -2.22. The van der Waals surface area contributed by atoms with E-state index in [9.17, 15) is 8.42 Å². The Labute approximate surface area is 185 Å². The molecule has 4 rings (SSSR count). The van der Waals surface area contributed by atoms with Gasteiger partial charge in [-0.3, -0.25) is 4.98 Å². The minimum absolute atomic E-state index is 0.0717. The summed E-state index contributed by atoms with van der Waals surface area (Å²) in [7, 11) is 0.717. The highest BCUT2D eigenvalue weighted by Crippen LogP contribution is 2.34. The van der Waals surface area contributed by atoms with E-state index >= 15 is 0 Å². The Bertz CT molecular complexity index is 963. The molecule has 2 aliphatic rings. The summed E-state index contributed by atoms with van der Waals surface area (Å²) in [5, 5.41) is 0. The van der Waals surface area contributed by atoms with Crippen LogP contribution in [-0.4, -0.2) is 85.1 Å². The van der Waals surface area contributed by atoms with Gasteiger partial charge in [0, 0.05) is 57.2 Å². The maximum atomic E-state index is 13.1. The molecule has 0 N–H and O–H groups in total. The summed E-state index contributed by atoms with van der Waals surface area (Å²) < 4.78 is 28.0. The van der Waals surface area contributed by atoms with E-state index in [0.29, 0.717) is 19.5 Å². The third kappa shape index (κ3) is 5.39. The first-order valence-corrected chi connectivity index (χ1v) is 12.6. The van der Waals surface area contributed by atoms with Crippen LogP contribution >= 0.6 is 0 Å². The van der Waals surface area contributed by atoms with Crippen LogP contribution < -0.4 is 4.90 Å². The summed E-state index contributed by atoms with van der Waals surface area (Å²) in [6.45, 7) is 3.82. The second-order valence-electron chi connectivity index (χ2n) is 8.84. The van der Waals surface area contributed by atoms with Gasteiger partial charge in [0.15, 0.2) is 0 Å². The van der Waals surface area contributed by atoms with Crippen LogP contribution in [0.5, 0.6) is 0 Å². The minimum Gasteiger partial charge on any atom is -0.341 e. The normalized spacial score (nSPS) is 22.5. The Morgan fingerprint density at radius 3 is 2.52 bits per heavy atom. The van der Waals surface area contributed by atoms with Gasteiger partial charge in [0.1, 0.15) is 0 Å². The lowest BCUT2D eigenvalue weighted by atomic mass is 9.92. The van der Waals surface area contributed by atoms with Crippen molar-refractivity contribution >= 4 is 16.0 Å². The molecule has 168 valence electrons. The third-order valence-electron chi connectivity index (χ3n) is 6.23. The van der Waals surface area contributed by atoms with Crippen molar-refractivity contribution in [3.63, 3.8) is 0 Å². The van der Waals surface area contributed by atoms with Crippen LogP contribution in [-0.2, 0) is 16.4 Å². The molecule has 0 unspecified atom stereocenters. The molecule has 0 amide bonds.